The highest BCUT2D eigenvalue weighted by Crippen LogP contribution is 2.34. The van der Waals surface area contributed by atoms with Crippen LogP contribution in [0.25, 0.3) is 0 Å². The summed E-state index contributed by atoms with van der Waals surface area (Å²) in [6.45, 7) is 5.95. The Labute approximate surface area is 94.2 Å². The average molecular weight is 210 g/mol. The molecule has 1 aliphatic heterocycles. The molecule has 0 aromatic heterocycles. The van der Waals surface area contributed by atoms with Gasteiger partial charge in [-0.25, -0.2) is 0 Å². The summed E-state index contributed by atoms with van der Waals surface area (Å²) in [6, 6.07) is 0.876. The van der Waals surface area contributed by atoms with E-state index in [4.69, 9.17) is 5.73 Å². The van der Waals surface area contributed by atoms with Crippen molar-refractivity contribution in [2.75, 3.05) is 19.6 Å². The first-order chi connectivity index (χ1) is 7.31. The SMILES string of the molecule is CC1CCN(C2CCCC2CCN)CC1. The summed E-state index contributed by atoms with van der Waals surface area (Å²) in [7, 11) is 0. The molecule has 1 saturated carbocycles. The monoisotopic (exact) mass is 210 g/mol. The molecule has 0 aromatic rings. The summed E-state index contributed by atoms with van der Waals surface area (Å²) in [4.78, 5) is 2.76. The summed E-state index contributed by atoms with van der Waals surface area (Å²) in [5, 5.41) is 0. The predicted molar refractivity (Wildman–Crippen MR) is 64.8 cm³/mol. The summed E-state index contributed by atoms with van der Waals surface area (Å²) in [6.07, 6.45) is 8.35. The van der Waals surface area contributed by atoms with Crippen molar-refractivity contribution in [1.82, 2.24) is 4.90 Å². The Hall–Kier alpha value is -0.0800. The zero-order valence-corrected chi connectivity index (χ0v) is 10.1. The largest absolute Gasteiger partial charge is 0.330 e. The second-order valence-corrected chi connectivity index (χ2v) is 5.55. The summed E-state index contributed by atoms with van der Waals surface area (Å²) in [5.74, 6) is 1.86. The zero-order valence-electron chi connectivity index (χ0n) is 10.1. The minimum absolute atomic E-state index is 0.876. The van der Waals surface area contributed by atoms with E-state index in [1.165, 1.54) is 51.6 Å². The highest BCUT2D eigenvalue weighted by Gasteiger charge is 2.32. The number of likely N-dealkylation sites (tertiary alicyclic amines) is 1. The molecule has 2 aliphatic rings. The molecule has 0 radical (unpaired) electrons. The van der Waals surface area contributed by atoms with Crippen LogP contribution in [0.5, 0.6) is 0 Å². The highest BCUT2D eigenvalue weighted by atomic mass is 15.2. The van der Waals surface area contributed by atoms with Crippen LogP contribution in [-0.2, 0) is 0 Å². The molecule has 2 atom stereocenters. The van der Waals surface area contributed by atoms with Crippen LogP contribution < -0.4 is 5.73 Å². The van der Waals surface area contributed by atoms with Crippen molar-refractivity contribution in [3.63, 3.8) is 0 Å². The molecule has 2 fully saturated rings. The van der Waals surface area contributed by atoms with Crippen LogP contribution >= 0.6 is 0 Å². The maximum atomic E-state index is 5.70. The molecule has 2 N–H and O–H groups in total. The molecule has 1 aliphatic carbocycles. The molecule has 2 nitrogen and oxygen atoms in total. The Kier molecular flexibility index (Phi) is 4.04. The van der Waals surface area contributed by atoms with Crippen LogP contribution in [0, 0.1) is 11.8 Å². The molecule has 2 heteroatoms. The van der Waals surface area contributed by atoms with E-state index in [1.807, 2.05) is 0 Å². The lowest BCUT2D eigenvalue weighted by molar-refractivity contribution is 0.110. The van der Waals surface area contributed by atoms with E-state index in [0.29, 0.717) is 0 Å². The molecular formula is C13H26N2. The Morgan fingerprint density at radius 1 is 1.13 bits per heavy atom. The van der Waals surface area contributed by atoms with Crippen molar-refractivity contribution in [2.45, 2.75) is 51.5 Å². The third-order valence-corrected chi connectivity index (χ3v) is 4.44. The van der Waals surface area contributed by atoms with Gasteiger partial charge in [-0.15, -0.1) is 0 Å². The van der Waals surface area contributed by atoms with Crippen LogP contribution in [0.2, 0.25) is 0 Å². The van der Waals surface area contributed by atoms with Gasteiger partial charge in [0.2, 0.25) is 0 Å². The van der Waals surface area contributed by atoms with Crippen LogP contribution in [0.3, 0.4) is 0 Å². The van der Waals surface area contributed by atoms with E-state index in [-0.39, 0.29) is 0 Å². The normalized spacial score (nSPS) is 34.8. The molecule has 0 spiro atoms. The topological polar surface area (TPSA) is 29.3 Å². The molecule has 0 aromatic carbocycles. The quantitative estimate of drug-likeness (QED) is 0.774. The molecule has 2 rings (SSSR count). The first-order valence-electron chi connectivity index (χ1n) is 6.75. The lowest BCUT2D eigenvalue weighted by Crippen LogP contribution is -2.43. The number of nitrogens with two attached hydrogens (primary N) is 1. The molecule has 1 heterocycles. The molecule has 2 unspecified atom stereocenters. The number of hydrogen-bond donors (Lipinski definition) is 1. The fraction of sp³-hybridized carbons (Fsp3) is 1.00. The van der Waals surface area contributed by atoms with Crippen LogP contribution in [0.1, 0.15) is 45.4 Å². The standard InChI is InChI=1S/C13H26N2/c1-11-6-9-15(10-7-11)13-4-2-3-12(13)5-8-14/h11-13H,2-10,14H2,1H3. The average Bonchev–Trinajstić information content (AvgIpc) is 2.68. The van der Waals surface area contributed by atoms with Crippen molar-refractivity contribution in [3.05, 3.63) is 0 Å². The Balaban J connectivity index is 1.86. The van der Waals surface area contributed by atoms with Crippen molar-refractivity contribution in [3.8, 4) is 0 Å². The van der Waals surface area contributed by atoms with Crippen LogP contribution in [-0.4, -0.2) is 30.6 Å². The van der Waals surface area contributed by atoms with E-state index in [2.05, 4.69) is 11.8 Å². The summed E-state index contributed by atoms with van der Waals surface area (Å²) >= 11 is 0. The minimum atomic E-state index is 0.876. The van der Waals surface area contributed by atoms with Gasteiger partial charge in [0.15, 0.2) is 0 Å². The zero-order chi connectivity index (χ0) is 10.7. The number of nitrogens with zero attached hydrogens (tertiary/aromatic N) is 1. The second-order valence-electron chi connectivity index (χ2n) is 5.55. The highest BCUT2D eigenvalue weighted by molar-refractivity contribution is 4.87. The smallest absolute Gasteiger partial charge is 0.0124 e. The van der Waals surface area contributed by atoms with Crippen molar-refractivity contribution >= 4 is 0 Å². The van der Waals surface area contributed by atoms with Gasteiger partial charge in [0.05, 0.1) is 0 Å². The summed E-state index contributed by atoms with van der Waals surface area (Å²) < 4.78 is 0. The Morgan fingerprint density at radius 3 is 2.53 bits per heavy atom. The molecule has 1 saturated heterocycles. The summed E-state index contributed by atoms with van der Waals surface area (Å²) in [5.41, 5.74) is 5.70. The van der Waals surface area contributed by atoms with Crippen molar-refractivity contribution in [1.29, 1.82) is 0 Å². The molecule has 15 heavy (non-hydrogen) atoms. The first kappa shape index (κ1) is 11.4. The van der Waals surface area contributed by atoms with Crippen molar-refractivity contribution in [2.24, 2.45) is 17.6 Å². The Morgan fingerprint density at radius 2 is 1.87 bits per heavy atom. The third-order valence-electron chi connectivity index (χ3n) is 4.44. The van der Waals surface area contributed by atoms with E-state index >= 15 is 0 Å². The molecular weight excluding hydrogens is 184 g/mol. The molecule has 88 valence electrons. The van der Waals surface area contributed by atoms with Gasteiger partial charge in [0.1, 0.15) is 0 Å². The fourth-order valence-electron chi connectivity index (χ4n) is 3.41. The second kappa shape index (κ2) is 5.31. The van der Waals surface area contributed by atoms with Gasteiger partial charge in [0, 0.05) is 6.04 Å². The van der Waals surface area contributed by atoms with Gasteiger partial charge < -0.3 is 10.6 Å². The fourth-order valence-corrected chi connectivity index (χ4v) is 3.41. The minimum Gasteiger partial charge on any atom is -0.330 e. The maximum Gasteiger partial charge on any atom is 0.0124 e. The number of rotatable bonds is 3. The van der Waals surface area contributed by atoms with Crippen LogP contribution in [0.4, 0.5) is 0 Å². The van der Waals surface area contributed by atoms with E-state index in [0.717, 1.165) is 24.4 Å². The lowest BCUT2D eigenvalue weighted by Gasteiger charge is -2.37. The van der Waals surface area contributed by atoms with E-state index < -0.39 is 0 Å². The van der Waals surface area contributed by atoms with Crippen LogP contribution in [0.15, 0.2) is 0 Å². The number of piperidine rings is 1. The van der Waals surface area contributed by atoms with E-state index in [1.54, 1.807) is 0 Å². The van der Waals surface area contributed by atoms with Gasteiger partial charge in [-0.1, -0.05) is 13.3 Å². The third kappa shape index (κ3) is 2.73. The van der Waals surface area contributed by atoms with Gasteiger partial charge in [-0.2, -0.15) is 0 Å². The molecule has 0 bridgehead atoms. The number of hydrogen-bond acceptors (Lipinski definition) is 2. The van der Waals surface area contributed by atoms with Gasteiger partial charge in [-0.05, 0) is 63.6 Å². The van der Waals surface area contributed by atoms with Gasteiger partial charge in [-0.3, -0.25) is 0 Å². The van der Waals surface area contributed by atoms with Gasteiger partial charge >= 0.3 is 0 Å². The lowest BCUT2D eigenvalue weighted by atomic mass is 9.93. The maximum absolute atomic E-state index is 5.70. The molecule has 0 amide bonds. The first-order valence-corrected chi connectivity index (χ1v) is 6.75. The Bertz CT molecular complexity index is 185. The van der Waals surface area contributed by atoms with Gasteiger partial charge in [0.25, 0.3) is 0 Å². The van der Waals surface area contributed by atoms with Crippen molar-refractivity contribution < 1.29 is 0 Å². The predicted octanol–water partition coefficient (Wildman–Crippen LogP) is 2.24. The van der Waals surface area contributed by atoms with E-state index in [9.17, 15) is 0 Å².